The summed E-state index contributed by atoms with van der Waals surface area (Å²) in [7, 11) is 2.17. The number of rotatable bonds is 2. The van der Waals surface area contributed by atoms with Crippen LogP contribution in [-0.2, 0) is 0 Å². The summed E-state index contributed by atoms with van der Waals surface area (Å²) < 4.78 is 5.02. The normalized spacial score (nSPS) is 28.2. The van der Waals surface area contributed by atoms with Crippen LogP contribution in [0.5, 0.6) is 0 Å². The molecule has 2 aliphatic rings. The minimum absolute atomic E-state index is 0.0275. The zero-order chi connectivity index (χ0) is 13.4. The first-order valence-electron chi connectivity index (χ1n) is 7.11. The largest absolute Gasteiger partial charge is 0.361 e. The van der Waals surface area contributed by atoms with E-state index < -0.39 is 0 Å². The number of amides is 1. The fraction of sp³-hybridized carbons (Fsp3) is 0.714. The molecule has 2 fully saturated rings. The molecule has 0 saturated carbocycles. The molecular weight excluding hydrogens is 242 g/mol. The molecule has 0 spiro atoms. The maximum Gasteiger partial charge on any atom is 0.276 e. The Morgan fingerprint density at radius 3 is 2.68 bits per heavy atom. The van der Waals surface area contributed by atoms with Crippen LogP contribution in [0.15, 0.2) is 10.6 Å². The van der Waals surface area contributed by atoms with Gasteiger partial charge in [0.25, 0.3) is 5.91 Å². The Morgan fingerprint density at radius 1 is 1.32 bits per heavy atom. The lowest BCUT2D eigenvalue weighted by Crippen LogP contribution is -2.47. The molecule has 0 aromatic carbocycles. The average Bonchev–Trinajstić information content (AvgIpc) is 3.07. The topological polar surface area (TPSA) is 49.6 Å². The van der Waals surface area contributed by atoms with E-state index in [1.54, 1.807) is 6.07 Å². The van der Waals surface area contributed by atoms with Crippen molar-refractivity contribution in [2.75, 3.05) is 20.1 Å². The predicted octanol–water partition coefficient (Wildman–Crippen LogP) is 1.68. The fourth-order valence-corrected chi connectivity index (χ4v) is 3.48. The Kier molecular flexibility index (Phi) is 3.31. The van der Waals surface area contributed by atoms with Crippen molar-refractivity contribution in [3.8, 4) is 0 Å². The first-order valence-corrected chi connectivity index (χ1v) is 7.11. The number of likely N-dealkylation sites (N-methyl/N-ethyl adjacent to an activating group) is 1. The first-order chi connectivity index (χ1) is 9.16. The fourth-order valence-electron chi connectivity index (χ4n) is 3.48. The number of carbonyl (C=O) groups is 1. The number of likely N-dealkylation sites (tertiary alicyclic amines) is 2. The van der Waals surface area contributed by atoms with Gasteiger partial charge in [-0.05, 0) is 46.2 Å². The molecule has 3 heterocycles. The maximum atomic E-state index is 12.5. The van der Waals surface area contributed by atoms with E-state index in [-0.39, 0.29) is 5.91 Å². The summed E-state index contributed by atoms with van der Waals surface area (Å²) in [6, 6.07) is 2.59. The van der Waals surface area contributed by atoms with Gasteiger partial charge in [0, 0.05) is 24.7 Å². The molecule has 104 valence electrons. The van der Waals surface area contributed by atoms with Gasteiger partial charge in [0.15, 0.2) is 5.69 Å². The number of carbonyl (C=O) groups excluding carboxylic acids is 1. The SMILES string of the molecule is Cc1cc(C(=O)N2CCC[C@@H]2[C@@H]2CCCN2C)no1. The quantitative estimate of drug-likeness (QED) is 0.814. The van der Waals surface area contributed by atoms with Crippen molar-refractivity contribution in [1.29, 1.82) is 0 Å². The van der Waals surface area contributed by atoms with Gasteiger partial charge in [-0.15, -0.1) is 0 Å². The van der Waals surface area contributed by atoms with Crippen molar-refractivity contribution < 1.29 is 9.32 Å². The van der Waals surface area contributed by atoms with Crippen molar-refractivity contribution in [3.05, 3.63) is 17.5 Å². The van der Waals surface area contributed by atoms with Gasteiger partial charge in [0.2, 0.25) is 0 Å². The monoisotopic (exact) mass is 263 g/mol. The van der Waals surface area contributed by atoms with Crippen LogP contribution in [0.1, 0.15) is 41.9 Å². The highest BCUT2D eigenvalue weighted by atomic mass is 16.5. The first kappa shape index (κ1) is 12.7. The van der Waals surface area contributed by atoms with E-state index in [9.17, 15) is 4.79 Å². The Bertz CT molecular complexity index is 471. The van der Waals surface area contributed by atoms with E-state index in [2.05, 4.69) is 17.1 Å². The number of nitrogens with zero attached hydrogens (tertiary/aromatic N) is 3. The van der Waals surface area contributed by atoms with Gasteiger partial charge in [0.05, 0.1) is 0 Å². The third-order valence-electron chi connectivity index (χ3n) is 4.43. The second kappa shape index (κ2) is 4.96. The lowest BCUT2D eigenvalue weighted by atomic mass is 10.0. The van der Waals surface area contributed by atoms with Gasteiger partial charge in [-0.1, -0.05) is 5.16 Å². The summed E-state index contributed by atoms with van der Waals surface area (Å²) in [5.74, 6) is 0.719. The highest BCUT2D eigenvalue weighted by Gasteiger charge is 2.39. The number of hydrogen-bond donors (Lipinski definition) is 0. The van der Waals surface area contributed by atoms with Gasteiger partial charge >= 0.3 is 0 Å². The van der Waals surface area contributed by atoms with Crippen molar-refractivity contribution in [1.82, 2.24) is 15.0 Å². The van der Waals surface area contributed by atoms with Crippen LogP contribution in [0.4, 0.5) is 0 Å². The molecule has 0 unspecified atom stereocenters. The van der Waals surface area contributed by atoms with Gasteiger partial charge in [-0.3, -0.25) is 4.79 Å². The minimum Gasteiger partial charge on any atom is -0.361 e. The highest BCUT2D eigenvalue weighted by Crippen LogP contribution is 2.29. The molecule has 0 bridgehead atoms. The van der Waals surface area contributed by atoms with Gasteiger partial charge < -0.3 is 14.3 Å². The number of hydrogen-bond acceptors (Lipinski definition) is 4. The van der Waals surface area contributed by atoms with E-state index >= 15 is 0 Å². The molecule has 2 atom stereocenters. The van der Waals surface area contributed by atoms with Gasteiger partial charge in [-0.25, -0.2) is 0 Å². The van der Waals surface area contributed by atoms with E-state index in [1.807, 2.05) is 11.8 Å². The molecule has 0 radical (unpaired) electrons. The molecule has 2 aliphatic heterocycles. The third-order valence-corrected chi connectivity index (χ3v) is 4.43. The Balaban J connectivity index is 1.77. The number of aromatic nitrogens is 1. The van der Waals surface area contributed by atoms with Crippen LogP contribution in [-0.4, -0.2) is 53.1 Å². The summed E-state index contributed by atoms with van der Waals surface area (Å²) in [5.41, 5.74) is 0.449. The minimum atomic E-state index is 0.0275. The van der Waals surface area contributed by atoms with Crippen molar-refractivity contribution in [2.24, 2.45) is 0 Å². The van der Waals surface area contributed by atoms with Gasteiger partial charge in [-0.2, -0.15) is 0 Å². The number of aryl methyl sites for hydroxylation is 1. The van der Waals surface area contributed by atoms with Crippen LogP contribution >= 0.6 is 0 Å². The molecule has 19 heavy (non-hydrogen) atoms. The lowest BCUT2D eigenvalue weighted by molar-refractivity contribution is 0.0654. The maximum absolute atomic E-state index is 12.5. The summed E-state index contributed by atoms with van der Waals surface area (Å²) in [6.07, 6.45) is 4.64. The molecule has 5 heteroatoms. The standard InChI is InChI=1S/C14H21N3O2/c1-10-9-11(15-19-10)14(18)17-8-4-6-13(17)12-5-3-7-16(12)2/h9,12-13H,3-8H2,1-2H3/t12-,13+/m0/s1. The molecule has 3 rings (SSSR count). The molecule has 0 aliphatic carbocycles. The van der Waals surface area contributed by atoms with Crippen LogP contribution in [0.2, 0.25) is 0 Å². The zero-order valence-corrected chi connectivity index (χ0v) is 11.6. The Morgan fingerprint density at radius 2 is 2.05 bits per heavy atom. The summed E-state index contributed by atoms with van der Waals surface area (Å²) in [4.78, 5) is 16.9. The van der Waals surface area contributed by atoms with Gasteiger partial charge in [0.1, 0.15) is 5.76 Å². The third kappa shape index (κ3) is 2.27. The van der Waals surface area contributed by atoms with Crippen LogP contribution in [0.25, 0.3) is 0 Å². The molecule has 2 saturated heterocycles. The zero-order valence-electron chi connectivity index (χ0n) is 11.6. The summed E-state index contributed by atoms with van der Waals surface area (Å²) in [6.45, 7) is 3.81. The Labute approximate surface area is 113 Å². The summed E-state index contributed by atoms with van der Waals surface area (Å²) >= 11 is 0. The van der Waals surface area contributed by atoms with Crippen LogP contribution in [0.3, 0.4) is 0 Å². The molecule has 1 aromatic heterocycles. The molecule has 1 aromatic rings. The van der Waals surface area contributed by atoms with Crippen molar-refractivity contribution in [2.45, 2.75) is 44.7 Å². The molecule has 5 nitrogen and oxygen atoms in total. The Hall–Kier alpha value is -1.36. The average molecular weight is 263 g/mol. The van der Waals surface area contributed by atoms with E-state index in [1.165, 1.54) is 12.8 Å². The van der Waals surface area contributed by atoms with Crippen molar-refractivity contribution in [3.63, 3.8) is 0 Å². The second-order valence-corrected chi connectivity index (χ2v) is 5.72. The predicted molar refractivity (Wildman–Crippen MR) is 71.0 cm³/mol. The summed E-state index contributed by atoms with van der Waals surface area (Å²) in [5, 5.41) is 3.86. The molecular formula is C14H21N3O2. The van der Waals surface area contributed by atoms with Crippen LogP contribution < -0.4 is 0 Å². The smallest absolute Gasteiger partial charge is 0.276 e. The molecule has 0 N–H and O–H groups in total. The van der Waals surface area contributed by atoms with Crippen LogP contribution in [0, 0.1) is 6.92 Å². The lowest BCUT2D eigenvalue weighted by Gasteiger charge is -2.32. The van der Waals surface area contributed by atoms with Crippen molar-refractivity contribution >= 4 is 5.91 Å². The second-order valence-electron chi connectivity index (χ2n) is 5.72. The highest BCUT2D eigenvalue weighted by molar-refractivity contribution is 5.92. The van der Waals surface area contributed by atoms with E-state index in [0.29, 0.717) is 23.5 Å². The molecule has 1 amide bonds. The van der Waals surface area contributed by atoms with E-state index in [4.69, 9.17) is 4.52 Å². The van der Waals surface area contributed by atoms with E-state index in [0.717, 1.165) is 25.9 Å².